The summed E-state index contributed by atoms with van der Waals surface area (Å²) >= 11 is 6.88. The molecule has 0 saturated heterocycles. The second kappa shape index (κ2) is 5.96. The molecule has 2 N–H and O–H groups in total. The van der Waals surface area contributed by atoms with E-state index in [1.165, 1.54) is 0 Å². The van der Waals surface area contributed by atoms with Crippen LogP contribution in [-0.2, 0) is 6.61 Å². The van der Waals surface area contributed by atoms with Crippen LogP contribution in [0.15, 0.2) is 33.3 Å². The maximum absolute atomic E-state index is 5.78. The van der Waals surface area contributed by atoms with Gasteiger partial charge in [-0.05, 0) is 63.9 Å². The topological polar surface area (TPSA) is 53.1 Å². The van der Waals surface area contributed by atoms with Gasteiger partial charge in [-0.2, -0.15) is 5.10 Å². The Morgan fingerprint density at radius 2 is 1.95 bits per heavy atom. The second-order valence-corrected chi connectivity index (χ2v) is 6.19. The smallest absolute Gasteiger partial charge is 0.148 e. The van der Waals surface area contributed by atoms with Crippen molar-refractivity contribution >= 4 is 37.5 Å². The van der Waals surface area contributed by atoms with Crippen molar-refractivity contribution in [2.75, 3.05) is 5.73 Å². The Hall–Kier alpha value is -1.01. The van der Waals surface area contributed by atoms with Gasteiger partial charge in [-0.15, -0.1) is 0 Å². The highest BCUT2D eigenvalue weighted by Crippen LogP contribution is 2.36. The molecule has 0 aliphatic heterocycles. The second-order valence-electron chi connectivity index (χ2n) is 4.48. The van der Waals surface area contributed by atoms with Crippen LogP contribution in [0.25, 0.3) is 0 Å². The number of hydrogen-bond acceptors (Lipinski definition) is 3. The Labute approximate surface area is 129 Å². The highest BCUT2D eigenvalue weighted by molar-refractivity contribution is 9.11. The molecule has 19 heavy (non-hydrogen) atoms. The summed E-state index contributed by atoms with van der Waals surface area (Å²) in [7, 11) is 0. The van der Waals surface area contributed by atoms with E-state index in [0.717, 1.165) is 20.4 Å². The molecule has 0 aliphatic rings. The summed E-state index contributed by atoms with van der Waals surface area (Å²) in [5.74, 6) is 0.730. The highest BCUT2D eigenvalue weighted by atomic mass is 79.9. The van der Waals surface area contributed by atoms with Gasteiger partial charge in [-0.3, -0.25) is 4.68 Å². The van der Waals surface area contributed by atoms with Crippen molar-refractivity contribution in [2.24, 2.45) is 0 Å². The Balaban J connectivity index is 2.10. The third-order valence-corrected chi connectivity index (χ3v) is 3.76. The molecule has 0 atom stereocenters. The van der Waals surface area contributed by atoms with Crippen LogP contribution in [0.3, 0.4) is 0 Å². The number of nitrogen functional groups attached to an aromatic ring is 1. The van der Waals surface area contributed by atoms with E-state index in [2.05, 4.69) is 50.8 Å². The van der Waals surface area contributed by atoms with Crippen molar-refractivity contribution in [1.29, 1.82) is 0 Å². The van der Waals surface area contributed by atoms with Crippen LogP contribution in [-0.4, -0.2) is 9.78 Å². The lowest BCUT2D eigenvalue weighted by Gasteiger charge is -2.10. The van der Waals surface area contributed by atoms with Gasteiger partial charge < -0.3 is 10.5 Å². The van der Waals surface area contributed by atoms with Crippen LogP contribution in [0.2, 0.25) is 0 Å². The first-order chi connectivity index (χ1) is 8.97. The zero-order valence-corrected chi connectivity index (χ0v) is 13.9. The minimum Gasteiger partial charge on any atom is -0.485 e. The predicted octanol–water partition coefficient (Wildman–Crippen LogP) is 4.15. The predicted molar refractivity (Wildman–Crippen MR) is 83.2 cm³/mol. The molecule has 1 heterocycles. The van der Waals surface area contributed by atoms with Crippen molar-refractivity contribution in [3.05, 3.63) is 39.0 Å². The molecule has 102 valence electrons. The van der Waals surface area contributed by atoms with Gasteiger partial charge in [-0.25, -0.2) is 0 Å². The molecule has 0 saturated carbocycles. The van der Waals surface area contributed by atoms with Gasteiger partial charge in [0.15, 0.2) is 0 Å². The molecule has 2 rings (SSSR count). The quantitative estimate of drug-likeness (QED) is 0.800. The number of halogens is 2. The molecule has 6 heteroatoms. The van der Waals surface area contributed by atoms with Crippen LogP contribution >= 0.6 is 31.9 Å². The fraction of sp³-hybridized carbons (Fsp3) is 0.308. The van der Waals surface area contributed by atoms with E-state index in [1.807, 2.05) is 29.1 Å². The number of aromatic nitrogens is 2. The Kier molecular flexibility index (Phi) is 4.52. The number of rotatable bonds is 4. The standard InChI is InChI=1S/C13H15Br2N3O/c1-8(2)18-4-3-10(17-18)7-19-13-11(14)5-9(16)6-12(13)15/h3-6,8H,7,16H2,1-2H3. The number of hydrogen-bond donors (Lipinski definition) is 1. The molecule has 2 aromatic rings. The van der Waals surface area contributed by atoms with Crippen molar-refractivity contribution in [3.63, 3.8) is 0 Å². The van der Waals surface area contributed by atoms with Crippen molar-refractivity contribution in [1.82, 2.24) is 9.78 Å². The first kappa shape index (κ1) is 14.4. The summed E-state index contributed by atoms with van der Waals surface area (Å²) in [4.78, 5) is 0. The van der Waals surface area contributed by atoms with Crippen LogP contribution in [0, 0.1) is 0 Å². The van der Waals surface area contributed by atoms with Crippen molar-refractivity contribution < 1.29 is 4.74 Å². The summed E-state index contributed by atoms with van der Waals surface area (Å²) in [6.45, 7) is 4.59. The molecule has 4 nitrogen and oxygen atoms in total. The minimum atomic E-state index is 0.351. The molecule has 0 radical (unpaired) electrons. The van der Waals surface area contributed by atoms with Gasteiger partial charge in [0.25, 0.3) is 0 Å². The van der Waals surface area contributed by atoms with Gasteiger partial charge in [0.1, 0.15) is 12.4 Å². The van der Waals surface area contributed by atoms with Gasteiger partial charge in [0.05, 0.1) is 14.6 Å². The van der Waals surface area contributed by atoms with Crippen LogP contribution in [0.1, 0.15) is 25.6 Å². The number of ether oxygens (including phenoxy) is 1. The van der Waals surface area contributed by atoms with E-state index in [0.29, 0.717) is 18.3 Å². The van der Waals surface area contributed by atoms with Crippen LogP contribution in [0.5, 0.6) is 5.75 Å². The monoisotopic (exact) mass is 387 g/mol. The zero-order valence-electron chi connectivity index (χ0n) is 10.7. The largest absolute Gasteiger partial charge is 0.485 e. The summed E-state index contributed by atoms with van der Waals surface area (Å²) in [5, 5.41) is 4.44. The van der Waals surface area contributed by atoms with Crippen LogP contribution in [0.4, 0.5) is 5.69 Å². The van der Waals surface area contributed by atoms with Crippen molar-refractivity contribution in [2.45, 2.75) is 26.5 Å². The summed E-state index contributed by atoms with van der Waals surface area (Å²) < 4.78 is 9.33. The Morgan fingerprint density at radius 1 is 1.32 bits per heavy atom. The normalized spacial score (nSPS) is 11.0. The van der Waals surface area contributed by atoms with E-state index in [4.69, 9.17) is 10.5 Å². The summed E-state index contributed by atoms with van der Waals surface area (Å²) in [6, 6.07) is 5.93. The lowest BCUT2D eigenvalue weighted by Crippen LogP contribution is -2.03. The number of nitrogens with two attached hydrogens (primary N) is 1. The maximum atomic E-state index is 5.78. The van der Waals surface area contributed by atoms with Gasteiger partial charge in [-0.1, -0.05) is 0 Å². The SMILES string of the molecule is CC(C)n1ccc(COc2c(Br)cc(N)cc2Br)n1. The van der Waals surface area contributed by atoms with E-state index in [9.17, 15) is 0 Å². The molecular weight excluding hydrogens is 374 g/mol. The van der Waals surface area contributed by atoms with Crippen LogP contribution < -0.4 is 10.5 Å². The van der Waals surface area contributed by atoms with Gasteiger partial charge in [0, 0.05) is 17.9 Å². The maximum Gasteiger partial charge on any atom is 0.148 e. The fourth-order valence-corrected chi connectivity index (χ4v) is 3.06. The van der Waals surface area contributed by atoms with Crippen molar-refractivity contribution in [3.8, 4) is 5.75 Å². The highest BCUT2D eigenvalue weighted by Gasteiger charge is 2.09. The molecular formula is C13H15Br2N3O. The van der Waals surface area contributed by atoms with E-state index < -0.39 is 0 Å². The Bertz CT molecular complexity index is 558. The molecule has 1 aromatic carbocycles. The first-order valence-corrected chi connectivity index (χ1v) is 7.47. The third kappa shape index (κ3) is 3.51. The minimum absolute atomic E-state index is 0.351. The lowest BCUT2D eigenvalue weighted by molar-refractivity contribution is 0.295. The first-order valence-electron chi connectivity index (χ1n) is 5.88. The Morgan fingerprint density at radius 3 is 2.47 bits per heavy atom. The number of benzene rings is 1. The number of anilines is 1. The molecule has 0 amide bonds. The van der Waals surface area contributed by atoms with Gasteiger partial charge >= 0.3 is 0 Å². The fourth-order valence-electron chi connectivity index (χ4n) is 1.61. The zero-order chi connectivity index (χ0) is 14.0. The van der Waals surface area contributed by atoms with E-state index >= 15 is 0 Å². The lowest BCUT2D eigenvalue weighted by atomic mass is 10.3. The summed E-state index contributed by atoms with van der Waals surface area (Å²) in [5.41, 5.74) is 7.31. The molecule has 0 fully saturated rings. The average Bonchev–Trinajstić information content (AvgIpc) is 2.76. The molecule has 1 aromatic heterocycles. The van der Waals surface area contributed by atoms with E-state index in [-0.39, 0.29) is 0 Å². The van der Waals surface area contributed by atoms with Gasteiger partial charge in [0.2, 0.25) is 0 Å². The van der Waals surface area contributed by atoms with E-state index in [1.54, 1.807) is 0 Å². The summed E-state index contributed by atoms with van der Waals surface area (Å²) in [6.07, 6.45) is 1.95. The third-order valence-electron chi connectivity index (χ3n) is 2.58. The molecule has 0 spiro atoms. The molecule has 0 aliphatic carbocycles. The molecule has 0 unspecified atom stereocenters. The number of nitrogens with zero attached hydrogens (tertiary/aromatic N) is 2. The average molecular weight is 389 g/mol. The molecule has 0 bridgehead atoms.